The van der Waals surface area contributed by atoms with Gasteiger partial charge in [-0.15, -0.1) is 5.10 Å². The fraction of sp³-hybridized carbons (Fsp3) is 0.158. The Morgan fingerprint density at radius 1 is 1.04 bits per heavy atom. The van der Waals surface area contributed by atoms with Crippen molar-refractivity contribution < 1.29 is 13.2 Å². The zero-order valence-corrected chi connectivity index (χ0v) is 17.5. The molecule has 28 heavy (non-hydrogen) atoms. The lowest BCUT2D eigenvalue weighted by Gasteiger charge is -2.09. The fourth-order valence-electron chi connectivity index (χ4n) is 2.71. The monoisotopic (exact) mass is 483 g/mol. The van der Waals surface area contributed by atoms with E-state index in [4.69, 9.17) is 0 Å². The smallest absolute Gasteiger partial charge is 0.217 e. The molecule has 0 saturated heterocycles. The molecule has 0 aliphatic carbocycles. The first kappa shape index (κ1) is 19.5. The third-order valence-corrected chi connectivity index (χ3v) is 7.01. The van der Waals surface area contributed by atoms with Crippen LogP contribution in [0.25, 0.3) is 27.3 Å². The highest BCUT2D eigenvalue weighted by Crippen LogP contribution is 2.33. The highest BCUT2D eigenvalue weighted by atomic mass is 79.9. The molecule has 0 bridgehead atoms. The summed E-state index contributed by atoms with van der Waals surface area (Å²) >= 11 is 6.61. The largest absolute Gasteiger partial charge is 0.416 e. The van der Waals surface area contributed by atoms with E-state index in [0.29, 0.717) is 5.56 Å². The molecular weight excluding hydrogens is 471 g/mol. The molecule has 0 aliphatic rings. The summed E-state index contributed by atoms with van der Waals surface area (Å²) in [5, 5.41) is 5.41. The standard InChI is InChI=1S/C19H13BrF3N3S2/c20-8-9-27-18-25-26-11-16(24-17(26)28-18)13-6-4-12(5-7-13)14-2-1-3-15(10-14)19(21,22)23/h1-7,10-11H,8-9H2. The Labute approximate surface area is 175 Å². The predicted octanol–water partition coefficient (Wildman–Crippen LogP) is 6.63. The van der Waals surface area contributed by atoms with Gasteiger partial charge in [0, 0.05) is 16.6 Å². The average molecular weight is 484 g/mol. The molecule has 0 atom stereocenters. The molecule has 4 aromatic rings. The lowest BCUT2D eigenvalue weighted by molar-refractivity contribution is -0.137. The number of alkyl halides is 4. The first-order valence-electron chi connectivity index (χ1n) is 8.27. The molecule has 0 spiro atoms. The summed E-state index contributed by atoms with van der Waals surface area (Å²) in [6, 6.07) is 12.7. The quantitative estimate of drug-likeness (QED) is 0.235. The van der Waals surface area contributed by atoms with Gasteiger partial charge in [-0.2, -0.15) is 13.2 Å². The van der Waals surface area contributed by atoms with Gasteiger partial charge >= 0.3 is 6.18 Å². The lowest BCUT2D eigenvalue weighted by atomic mass is 10.0. The van der Waals surface area contributed by atoms with Crippen LogP contribution in [-0.4, -0.2) is 25.7 Å². The molecule has 0 unspecified atom stereocenters. The van der Waals surface area contributed by atoms with Crippen LogP contribution in [0.1, 0.15) is 5.56 Å². The van der Waals surface area contributed by atoms with E-state index in [-0.39, 0.29) is 0 Å². The Morgan fingerprint density at radius 2 is 1.79 bits per heavy atom. The zero-order chi connectivity index (χ0) is 19.7. The van der Waals surface area contributed by atoms with Gasteiger partial charge in [-0.25, -0.2) is 9.50 Å². The van der Waals surface area contributed by atoms with Crippen molar-refractivity contribution in [2.24, 2.45) is 0 Å². The minimum Gasteiger partial charge on any atom is -0.217 e. The van der Waals surface area contributed by atoms with Crippen LogP contribution in [0.3, 0.4) is 0 Å². The molecule has 144 valence electrons. The van der Waals surface area contributed by atoms with Crippen LogP contribution in [0, 0.1) is 0 Å². The van der Waals surface area contributed by atoms with Crippen molar-refractivity contribution in [1.82, 2.24) is 14.6 Å². The summed E-state index contributed by atoms with van der Waals surface area (Å²) < 4.78 is 41.5. The number of thioether (sulfide) groups is 1. The van der Waals surface area contributed by atoms with Crippen molar-refractivity contribution in [3.63, 3.8) is 0 Å². The molecule has 0 radical (unpaired) electrons. The molecule has 0 aliphatic heterocycles. The third-order valence-electron chi connectivity index (χ3n) is 4.03. The maximum Gasteiger partial charge on any atom is 0.416 e. The van der Waals surface area contributed by atoms with Gasteiger partial charge in [0.2, 0.25) is 4.96 Å². The molecule has 3 nitrogen and oxygen atoms in total. The van der Waals surface area contributed by atoms with Gasteiger partial charge in [-0.1, -0.05) is 75.4 Å². The summed E-state index contributed by atoms with van der Waals surface area (Å²) in [5.41, 5.74) is 2.28. The van der Waals surface area contributed by atoms with Crippen LogP contribution < -0.4 is 0 Å². The van der Waals surface area contributed by atoms with E-state index in [1.165, 1.54) is 17.4 Å². The molecule has 0 N–H and O–H groups in total. The van der Waals surface area contributed by atoms with Gasteiger partial charge in [0.05, 0.1) is 17.5 Å². The summed E-state index contributed by atoms with van der Waals surface area (Å²) in [6.07, 6.45) is -2.49. The molecule has 0 saturated carbocycles. The predicted molar refractivity (Wildman–Crippen MR) is 111 cm³/mol. The molecule has 9 heteroatoms. The second kappa shape index (κ2) is 7.88. The van der Waals surface area contributed by atoms with E-state index in [1.54, 1.807) is 22.3 Å². The Hall–Kier alpha value is -1.84. The van der Waals surface area contributed by atoms with Crippen LogP contribution >= 0.6 is 39.0 Å². The molecule has 0 amide bonds. The van der Waals surface area contributed by atoms with E-state index >= 15 is 0 Å². The Balaban J connectivity index is 1.58. The highest BCUT2D eigenvalue weighted by Gasteiger charge is 2.30. The van der Waals surface area contributed by atoms with Gasteiger partial charge in [0.25, 0.3) is 0 Å². The zero-order valence-electron chi connectivity index (χ0n) is 14.3. The molecule has 4 rings (SSSR count). The number of aromatic nitrogens is 3. The van der Waals surface area contributed by atoms with Crippen LogP contribution in [0.15, 0.2) is 59.1 Å². The van der Waals surface area contributed by atoms with Crippen LogP contribution in [0.2, 0.25) is 0 Å². The van der Waals surface area contributed by atoms with Gasteiger partial charge in [-0.3, -0.25) is 0 Å². The highest BCUT2D eigenvalue weighted by molar-refractivity contribution is 9.09. The van der Waals surface area contributed by atoms with E-state index in [9.17, 15) is 13.2 Å². The number of hydrogen-bond donors (Lipinski definition) is 0. The average Bonchev–Trinajstić information content (AvgIpc) is 3.25. The topological polar surface area (TPSA) is 30.2 Å². The minimum absolute atomic E-state index is 0.530. The molecular formula is C19H13BrF3N3S2. The maximum absolute atomic E-state index is 12.9. The van der Waals surface area contributed by atoms with Crippen molar-refractivity contribution in [2.45, 2.75) is 10.5 Å². The summed E-state index contributed by atoms with van der Waals surface area (Å²) in [6.45, 7) is 0. The number of rotatable bonds is 5. The number of benzene rings is 2. The first-order valence-corrected chi connectivity index (χ1v) is 11.2. The van der Waals surface area contributed by atoms with Crippen LogP contribution in [0.5, 0.6) is 0 Å². The van der Waals surface area contributed by atoms with E-state index in [2.05, 4.69) is 26.0 Å². The molecule has 2 aromatic carbocycles. The molecule has 2 heterocycles. The number of imidazole rings is 1. The van der Waals surface area contributed by atoms with E-state index < -0.39 is 11.7 Å². The number of nitrogens with zero attached hydrogens (tertiary/aromatic N) is 3. The second-order valence-electron chi connectivity index (χ2n) is 5.91. The number of halogens is 4. The van der Waals surface area contributed by atoms with E-state index in [1.807, 2.05) is 30.5 Å². The molecule has 2 aromatic heterocycles. The van der Waals surface area contributed by atoms with Gasteiger partial charge in [0.15, 0.2) is 4.34 Å². The Bertz CT molecular complexity index is 1070. The summed E-state index contributed by atoms with van der Waals surface area (Å²) in [7, 11) is 0. The van der Waals surface area contributed by atoms with Gasteiger partial charge in [0.1, 0.15) is 0 Å². The normalized spacial score (nSPS) is 12.0. The maximum atomic E-state index is 12.9. The van der Waals surface area contributed by atoms with Gasteiger partial charge < -0.3 is 0 Å². The summed E-state index contributed by atoms with van der Waals surface area (Å²) in [4.78, 5) is 5.42. The van der Waals surface area contributed by atoms with Gasteiger partial charge in [-0.05, 0) is 23.3 Å². The van der Waals surface area contributed by atoms with Crippen molar-refractivity contribution >= 4 is 44.0 Å². The Morgan fingerprint density at radius 3 is 2.46 bits per heavy atom. The van der Waals surface area contributed by atoms with Crippen LogP contribution in [-0.2, 0) is 6.18 Å². The minimum atomic E-state index is -4.35. The SMILES string of the molecule is FC(F)(F)c1cccc(-c2ccc(-c3cn4nc(SCCBr)sc4n3)cc2)c1. The van der Waals surface area contributed by atoms with Crippen molar-refractivity contribution in [3.05, 3.63) is 60.3 Å². The van der Waals surface area contributed by atoms with Crippen molar-refractivity contribution in [3.8, 4) is 22.4 Å². The van der Waals surface area contributed by atoms with Crippen molar-refractivity contribution in [2.75, 3.05) is 11.1 Å². The Kier molecular flexibility index (Phi) is 5.48. The number of hydrogen-bond acceptors (Lipinski definition) is 4. The summed E-state index contributed by atoms with van der Waals surface area (Å²) in [5.74, 6) is 0.945. The third kappa shape index (κ3) is 4.11. The lowest BCUT2D eigenvalue weighted by Crippen LogP contribution is -2.04. The number of fused-ring (bicyclic) bond motifs is 1. The van der Waals surface area contributed by atoms with Crippen LogP contribution in [0.4, 0.5) is 13.2 Å². The molecule has 0 fully saturated rings. The van der Waals surface area contributed by atoms with E-state index in [0.717, 1.165) is 49.3 Å². The first-order chi connectivity index (χ1) is 13.4. The van der Waals surface area contributed by atoms with Crippen molar-refractivity contribution in [1.29, 1.82) is 0 Å². The second-order valence-corrected chi connectivity index (χ2v) is 9.01. The fourth-order valence-corrected chi connectivity index (χ4v) is 4.92.